The van der Waals surface area contributed by atoms with Gasteiger partial charge in [0.05, 0.1) is 33.5 Å². The molecule has 1 unspecified atom stereocenters. The summed E-state index contributed by atoms with van der Waals surface area (Å²) in [6, 6.07) is 7.68. The molecule has 0 spiro atoms. The van der Waals surface area contributed by atoms with Gasteiger partial charge in [-0.3, -0.25) is 39.2 Å². The molecule has 0 saturated carbocycles. The molecule has 5 rings (SSSR count). The zero-order valence-corrected chi connectivity index (χ0v) is 27.4. The number of nitrogens with zero attached hydrogens (tertiary/aromatic N) is 2. The van der Waals surface area contributed by atoms with E-state index in [0.29, 0.717) is 18.7 Å². The first-order chi connectivity index (χ1) is 23.5. The van der Waals surface area contributed by atoms with Crippen LogP contribution < -0.4 is 25.4 Å². The van der Waals surface area contributed by atoms with Gasteiger partial charge in [0, 0.05) is 36.6 Å². The Bertz CT molecular complexity index is 1760. The number of imide groups is 2. The molecule has 16 heteroatoms. The number of unbranched alkanes of at least 4 members (excludes halogenated alkanes) is 4. The third-order valence-electron chi connectivity index (χ3n) is 7.88. The van der Waals surface area contributed by atoms with Gasteiger partial charge in [-0.1, -0.05) is 48.5 Å². The average molecular weight is 719 g/mol. The quantitative estimate of drug-likeness (QED) is 0.125. The molecule has 3 heterocycles. The maximum atomic E-state index is 13.2. The van der Waals surface area contributed by atoms with Gasteiger partial charge in [-0.15, -0.1) is 0 Å². The average Bonchev–Trinajstić information content (AvgIpc) is 3.31. The number of nitrogens with one attached hydrogen (secondary N) is 3. The van der Waals surface area contributed by atoms with Gasteiger partial charge in [0.15, 0.2) is 11.5 Å². The van der Waals surface area contributed by atoms with Crippen LogP contribution in [0, 0.1) is 0 Å². The monoisotopic (exact) mass is 717 g/mol. The Morgan fingerprint density at radius 2 is 1.71 bits per heavy atom. The van der Waals surface area contributed by atoms with Crippen LogP contribution in [0.4, 0.5) is 20.2 Å². The number of halogens is 4. The van der Waals surface area contributed by atoms with Gasteiger partial charge in [-0.05, 0) is 49.6 Å². The molecule has 258 valence electrons. The van der Waals surface area contributed by atoms with Gasteiger partial charge < -0.3 is 20.1 Å². The summed E-state index contributed by atoms with van der Waals surface area (Å²) in [4.78, 5) is 67.7. The lowest BCUT2D eigenvalue weighted by atomic mass is 10.0. The minimum absolute atomic E-state index is 0.0244. The first-order valence-electron chi connectivity index (χ1n) is 15.5. The van der Waals surface area contributed by atoms with Crippen LogP contribution in [0.15, 0.2) is 48.8 Å². The highest BCUT2D eigenvalue weighted by Gasteiger charge is 2.45. The molecule has 49 heavy (non-hydrogen) atoms. The zero-order valence-electron chi connectivity index (χ0n) is 25.9. The number of anilines is 2. The second-order valence-electron chi connectivity index (χ2n) is 11.2. The summed E-state index contributed by atoms with van der Waals surface area (Å²) in [5, 5.41) is 8.23. The van der Waals surface area contributed by atoms with Gasteiger partial charge in [-0.25, -0.2) is 0 Å². The molecule has 0 radical (unpaired) electrons. The van der Waals surface area contributed by atoms with Crippen molar-refractivity contribution in [2.75, 3.05) is 23.8 Å². The number of carbonyl (C=O) groups excluding carboxylic acids is 5. The number of hydrogen-bond acceptors (Lipinski definition) is 9. The van der Waals surface area contributed by atoms with Crippen LogP contribution >= 0.6 is 23.2 Å². The lowest BCUT2D eigenvalue weighted by molar-refractivity contribution is -0.136. The normalized spacial score (nSPS) is 15.7. The number of carbonyl (C=O) groups is 5. The van der Waals surface area contributed by atoms with Crippen molar-refractivity contribution in [2.45, 2.75) is 57.6 Å². The van der Waals surface area contributed by atoms with E-state index in [2.05, 4.69) is 25.7 Å². The summed E-state index contributed by atoms with van der Waals surface area (Å²) >= 11 is 12.1. The van der Waals surface area contributed by atoms with Crippen molar-refractivity contribution < 1.29 is 42.2 Å². The summed E-state index contributed by atoms with van der Waals surface area (Å²) in [5.41, 5.74) is 1.16. The second-order valence-corrected chi connectivity index (χ2v) is 12.0. The molecule has 2 aromatic carbocycles. The summed E-state index contributed by atoms with van der Waals surface area (Å²) in [6.45, 7) is -2.39. The van der Waals surface area contributed by atoms with Crippen molar-refractivity contribution in [3.63, 3.8) is 0 Å². The minimum atomic E-state index is -3.09. The Morgan fingerprint density at radius 3 is 2.45 bits per heavy atom. The van der Waals surface area contributed by atoms with Crippen molar-refractivity contribution in [3.05, 3.63) is 75.5 Å². The summed E-state index contributed by atoms with van der Waals surface area (Å²) in [7, 11) is 0. The molecule has 5 amide bonds. The van der Waals surface area contributed by atoms with Gasteiger partial charge in [0.25, 0.3) is 17.7 Å². The fraction of sp³-hybridized carbons (Fsp3) is 0.333. The van der Waals surface area contributed by atoms with Gasteiger partial charge >= 0.3 is 6.61 Å². The molecule has 1 saturated heterocycles. The van der Waals surface area contributed by atoms with E-state index in [1.807, 2.05) is 0 Å². The molecule has 0 bridgehead atoms. The van der Waals surface area contributed by atoms with Crippen LogP contribution in [-0.4, -0.2) is 65.2 Å². The van der Waals surface area contributed by atoms with Gasteiger partial charge in [0.2, 0.25) is 11.8 Å². The number of benzene rings is 2. The molecule has 3 N–H and O–H groups in total. The number of amides is 5. The Morgan fingerprint density at radius 1 is 0.980 bits per heavy atom. The number of alkyl halides is 2. The molecule has 1 atom stereocenters. The van der Waals surface area contributed by atoms with Crippen molar-refractivity contribution in [2.24, 2.45) is 0 Å². The van der Waals surface area contributed by atoms with E-state index in [-0.39, 0.29) is 63.4 Å². The lowest BCUT2D eigenvalue weighted by Crippen LogP contribution is -2.54. The number of rotatable bonds is 15. The number of aromatic nitrogens is 1. The fourth-order valence-corrected chi connectivity index (χ4v) is 5.96. The third kappa shape index (κ3) is 8.43. The SMILES string of the molecule is O=C1CCC(N2C(=O)c3cccc(NCCCCCCCOc4cc(C(=O)Nc5c(Cl)cncc5Cl)ccc4OC(F)F)c3C2=O)C(=O)N1. The molecule has 1 fully saturated rings. The van der Waals surface area contributed by atoms with Crippen LogP contribution in [0.1, 0.15) is 76.0 Å². The van der Waals surface area contributed by atoms with E-state index in [1.54, 1.807) is 12.1 Å². The highest BCUT2D eigenvalue weighted by Crippen LogP contribution is 2.34. The Balaban J connectivity index is 1.07. The smallest absolute Gasteiger partial charge is 0.387 e. The Kier molecular flexibility index (Phi) is 11.6. The van der Waals surface area contributed by atoms with E-state index >= 15 is 0 Å². The fourth-order valence-electron chi connectivity index (χ4n) is 5.50. The molecule has 1 aromatic heterocycles. The number of fused-ring (bicyclic) bond motifs is 1. The van der Waals surface area contributed by atoms with Crippen molar-refractivity contribution in [3.8, 4) is 11.5 Å². The second kappa shape index (κ2) is 16.1. The Labute approximate surface area is 289 Å². The van der Waals surface area contributed by atoms with E-state index in [9.17, 15) is 32.8 Å². The highest BCUT2D eigenvalue weighted by atomic mass is 35.5. The first-order valence-corrected chi connectivity index (χ1v) is 16.2. The number of hydrogen-bond donors (Lipinski definition) is 3. The Hall–Kier alpha value is -4.82. The van der Waals surface area contributed by atoms with Crippen molar-refractivity contribution in [1.29, 1.82) is 0 Å². The van der Waals surface area contributed by atoms with Crippen LogP contribution in [0.5, 0.6) is 11.5 Å². The predicted molar refractivity (Wildman–Crippen MR) is 175 cm³/mol. The van der Waals surface area contributed by atoms with E-state index < -0.39 is 42.2 Å². The number of piperidine rings is 1. The largest absolute Gasteiger partial charge is 0.490 e. The van der Waals surface area contributed by atoms with E-state index in [0.717, 1.165) is 30.6 Å². The number of ether oxygens (including phenoxy) is 2. The van der Waals surface area contributed by atoms with Crippen LogP contribution in [0.2, 0.25) is 10.0 Å². The van der Waals surface area contributed by atoms with Crippen LogP contribution in [0.3, 0.4) is 0 Å². The minimum Gasteiger partial charge on any atom is -0.490 e. The summed E-state index contributed by atoms with van der Waals surface area (Å²) in [6.07, 6.45) is 6.51. The molecule has 2 aliphatic heterocycles. The zero-order chi connectivity index (χ0) is 35.1. The van der Waals surface area contributed by atoms with Crippen LogP contribution in [0.25, 0.3) is 0 Å². The molecule has 3 aromatic rings. The van der Waals surface area contributed by atoms with Crippen molar-refractivity contribution >= 4 is 64.1 Å². The first kappa shape index (κ1) is 35.5. The number of pyridine rings is 1. The summed E-state index contributed by atoms with van der Waals surface area (Å²) in [5.74, 6) is -3.08. The molecule has 12 nitrogen and oxygen atoms in total. The summed E-state index contributed by atoms with van der Waals surface area (Å²) < 4.78 is 36.3. The molecular weight excluding hydrogens is 687 g/mol. The lowest BCUT2D eigenvalue weighted by Gasteiger charge is -2.27. The van der Waals surface area contributed by atoms with Gasteiger partial charge in [-0.2, -0.15) is 8.78 Å². The topological polar surface area (TPSA) is 156 Å². The van der Waals surface area contributed by atoms with Gasteiger partial charge in [0.1, 0.15) is 6.04 Å². The predicted octanol–water partition coefficient (Wildman–Crippen LogP) is 6.08. The van der Waals surface area contributed by atoms with Crippen molar-refractivity contribution in [1.82, 2.24) is 15.2 Å². The third-order valence-corrected chi connectivity index (χ3v) is 8.45. The molecule has 2 aliphatic rings. The molecular formula is C33H31Cl2F2N5O7. The maximum Gasteiger partial charge on any atom is 0.387 e. The maximum absolute atomic E-state index is 13.2. The highest BCUT2D eigenvalue weighted by molar-refractivity contribution is 6.39. The standard InChI is InChI=1S/C33H31Cl2F2N5O7/c34-20-16-38-17-21(35)28(20)41-29(44)18-9-11-24(49-33(36)37)25(15-18)48-14-5-3-1-2-4-13-39-22-8-6-7-19-27(22)32(47)42(31(19)46)23-10-12-26(43)40-30(23)45/h6-9,11,15-17,23,33,39H,1-5,10,12-14H2,(H,38,41,44)(H,40,43,45). The van der Waals surface area contributed by atoms with E-state index in [4.69, 9.17) is 27.9 Å². The molecule has 0 aliphatic carbocycles. The van der Waals surface area contributed by atoms with E-state index in [1.165, 1.54) is 36.7 Å². The van der Waals surface area contributed by atoms with Crippen LogP contribution in [-0.2, 0) is 9.59 Å².